The van der Waals surface area contributed by atoms with Crippen LogP contribution in [-0.4, -0.2) is 45.1 Å². The molecular formula is C19H24F2N2O4. The molecule has 0 aliphatic carbocycles. The second-order valence-corrected chi connectivity index (χ2v) is 8.15. The van der Waals surface area contributed by atoms with E-state index in [0.717, 1.165) is 6.07 Å². The van der Waals surface area contributed by atoms with Crippen LogP contribution in [-0.2, 0) is 9.47 Å². The van der Waals surface area contributed by atoms with E-state index in [0.29, 0.717) is 0 Å². The third kappa shape index (κ3) is 3.51. The highest BCUT2D eigenvalue weighted by molar-refractivity contribution is 5.84. The lowest BCUT2D eigenvalue weighted by Gasteiger charge is -2.36. The minimum Gasteiger partial charge on any atom is -0.444 e. The number of nitrogens with zero attached hydrogens (tertiary/aromatic N) is 1. The number of H-pyrrole nitrogens is 1. The molecular weight excluding hydrogens is 358 g/mol. The highest BCUT2D eigenvalue weighted by atomic mass is 19.2. The van der Waals surface area contributed by atoms with E-state index in [9.17, 15) is 18.7 Å². The molecule has 0 radical (unpaired) electrons. The Morgan fingerprint density at radius 1 is 1.44 bits per heavy atom. The molecule has 1 aromatic heterocycles. The monoisotopic (exact) mass is 382 g/mol. The smallest absolute Gasteiger partial charge is 0.413 e. The van der Waals surface area contributed by atoms with Gasteiger partial charge in [-0.25, -0.2) is 13.6 Å². The number of aliphatic hydroxyl groups is 1. The zero-order valence-corrected chi connectivity index (χ0v) is 16.0. The average Bonchev–Trinajstić information content (AvgIpc) is 3.12. The predicted molar refractivity (Wildman–Crippen MR) is 95.1 cm³/mol. The van der Waals surface area contributed by atoms with Gasteiger partial charge in [-0.3, -0.25) is 4.90 Å². The molecule has 2 atom stereocenters. The summed E-state index contributed by atoms with van der Waals surface area (Å²) in [5.74, 6) is -2.06. The molecule has 2 heterocycles. The van der Waals surface area contributed by atoms with Gasteiger partial charge in [-0.15, -0.1) is 0 Å². The molecule has 1 amide bonds. The number of nitrogens with one attached hydrogen (secondary N) is 1. The number of aromatic amines is 1. The van der Waals surface area contributed by atoms with Crippen molar-refractivity contribution in [3.8, 4) is 0 Å². The second kappa shape index (κ2) is 6.45. The number of fused-ring (bicyclic) bond motifs is 1. The standard InChI is InChI=1S/C19H24F2N2O4/c1-18(2,3)27-17(25)23-13(9-26-19(23,4)5)16(24)11-8-12(20)14(21)10-6-7-22-15(10)11/h6-8,13,16,22,24H,9H2,1-5H3/t13-,16?/m1/s1. The van der Waals surface area contributed by atoms with Gasteiger partial charge in [0.2, 0.25) is 0 Å². The number of rotatable bonds is 2. The summed E-state index contributed by atoms with van der Waals surface area (Å²) in [5.41, 5.74) is -1.34. The van der Waals surface area contributed by atoms with E-state index >= 15 is 0 Å². The van der Waals surface area contributed by atoms with Crippen LogP contribution in [0.1, 0.15) is 46.3 Å². The largest absolute Gasteiger partial charge is 0.444 e. The summed E-state index contributed by atoms with van der Waals surface area (Å²) < 4.78 is 39.1. The molecule has 2 aromatic rings. The Bertz CT molecular complexity index is 872. The zero-order valence-electron chi connectivity index (χ0n) is 16.0. The Morgan fingerprint density at radius 2 is 2.11 bits per heavy atom. The first-order chi connectivity index (χ1) is 12.4. The fraction of sp³-hybridized carbons (Fsp3) is 0.526. The van der Waals surface area contributed by atoms with Crippen LogP contribution in [0.15, 0.2) is 18.3 Å². The van der Waals surface area contributed by atoms with Crippen molar-refractivity contribution in [3.05, 3.63) is 35.5 Å². The number of carbonyl (C=O) groups is 1. The summed E-state index contributed by atoms with van der Waals surface area (Å²) in [7, 11) is 0. The van der Waals surface area contributed by atoms with Gasteiger partial charge in [0.1, 0.15) is 17.4 Å². The van der Waals surface area contributed by atoms with E-state index in [-0.39, 0.29) is 23.1 Å². The molecule has 148 valence electrons. The van der Waals surface area contributed by atoms with E-state index in [1.54, 1.807) is 34.6 Å². The normalized spacial score (nSPS) is 20.9. The topological polar surface area (TPSA) is 74.8 Å². The van der Waals surface area contributed by atoms with Crippen molar-refractivity contribution in [1.82, 2.24) is 9.88 Å². The van der Waals surface area contributed by atoms with Crippen molar-refractivity contribution in [2.24, 2.45) is 0 Å². The Balaban J connectivity index is 2.01. The van der Waals surface area contributed by atoms with Crippen LogP contribution in [0.4, 0.5) is 13.6 Å². The summed E-state index contributed by atoms with van der Waals surface area (Å²) in [6.07, 6.45) is -0.501. The van der Waals surface area contributed by atoms with Crippen LogP contribution in [0.3, 0.4) is 0 Å². The van der Waals surface area contributed by atoms with Gasteiger partial charge in [0.25, 0.3) is 0 Å². The van der Waals surface area contributed by atoms with Crippen LogP contribution < -0.4 is 0 Å². The van der Waals surface area contributed by atoms with Gasteiger partial charge >= 0.3 is 6.09 Å². The molecule has 6 nitrogen and oxygen atoms in total. The first-order valence-corrected chi connectivity index (χ1v) is 8.72. The SMILES string of the molecule is CC(C)(C)OC(=O)N1[C@@H](C(O)c2cc(F)c(F)c3cc[nH]c23)COC1(C)C. The van der Waals surface area contributed by atoms with Gasteiger partial charge in [-0.1, -0.05) is 0 Å². The molecule has 0 bridgehead atoms. The van der Waals surface area contributed by atoms with Crippen LogP contribution in [0.5, 0.6) is 0 Å². The van der Waals surface area contributed by atoms with Crippen LogP contribution in [0.2, 0.25) is 0 Å². The molecule has 1 aliphatic heterocycles. The van der Waals surface area contributed by atoms with Crippen LogP contribution in [0, 0.1) is 11.6 Å². The lowest BCUT2D eigenvalue weighted by molar-refractivity contribution is -0.0679. The number of aliphatic hydroxyl groups excluding tert-OH is 1. The fourth-order valence-corrected chi connectivity index (χ4v) is 3.36. The van der Waals surface area contributed by atoms with Crippen molar-refractivity contribution in [3.63, 3.8) is 0 Å². The van der Waals surface area contributed by atoms with Crippen molar-refractivity contribution in [1.29, 1.82) is 0 Å². The van der Waals surface area contributed by atoms with Gasteiger partial charge in [-0.05, 0) is 46.8 Å². The highest BCUT2D eigenvalue weighted by Crippen LogP contribution is 2.38. The number of hydrogen-bond donors (Lipinski definition) is 2. The number of hydrogen-bond acceptors (Lipinski definition) is 4. The van der Waals surface area contributed by atoms with Crippen LogP contribution >= 0.6 is 0 Å². The third-order valence-electron chi connectivity index (χ3n) is 4.56. The lowest BCUT2D eigenvalue weighted by atomic mass is 9.98. The zero-order chi connectivity index (χ0) is 20.1. The minimum atomic E-state index is -1.31. The Labute approximate surface area is 156 Å². The van der Waals surface area contributed by atoms with E-state index in [4.69, 9.17) is 9.47 Å². The van der Waals surface area contributed by atoms with E-state index in [2.05, 4.69) is 4.98 Å². The molecule has 0 spiro atoms. The summed E-state index contributed by atoms with van der Waals surface area (Å²) in [5, 5.41) is 11.0. The van der Waals surface area contributed by atoms with E-state index in [1.807, 2.05) is 0 Å². The predicted octanol–water partition coefficient (Wildman–Crippen LogP) is 3.85. The van der Waals surface area contributed by atoms with Crippen molar-refractivity contribution in [2.75, 3.05) is 6.61 Å². The number of ether oxygens (including phenoxy) is 2. The Kier molecular flexibility index (Phi) is 4.68. The maximum atomic E-state index is 14.0. The number of aromatic nitrogens is 1. The van der Waals surface area contributed by atoms with Crippen molar-refractivity contribution in [2.45, 2.75) is 58.1 Å². The molecule has 1 aliphatic rings. The van der Waals surface area contributed by atoms with Crippen molar-refractivity contribution < 1.29 is 28.2 Å². The molecule has 8 heteroatoms. The maximum absolute atomic E-state index is 14.0. The van der Waals surface area contributed by atoms with Gasteiger partial charge in [0, 0.05) is 17.1 Å². The first-order valence-electron chi connectivity index (χ1n) is 8.72. The molecule has 0 saturated carbocycles. The average molecular weight is 382 g/mol. The number of carbonyl (C=O) groups excluding carboxylic acids is 1. The third-order valence-corrected chi connectivity index (χ3v) is 4.56. The highest BCUT2D eigenvalue weighted by Gasteiger charge is 2.49. The molecule has 3 rings (SSSR count). The quantitative estimate of drug-likeness (QED) is 0.827. The molecule has 1 unspecified atom stereocenters. The maximum Gasteiger partial charge on any atom is 0.413 e. The van der Waals surface area contributed by atoms with Crippen molar-refractivity contribution >= 4 is 17.0 Å². The summed E-state index contributed by atoms with van der Waals surface area (Å²) >= 11 is 0. The van der Waals surface area contributed by atoms with Gasteiger partial charge in [-0.2, -0.15) is 0 Å². The number of amides is 1. The van der Waals surface area contributed by atoms with E-state index in [1.165, 1.54) is 17.2 Å². The summed E-state index contributed by atoms with van der Waals surface area (Å²) in [4.78, 5) is 16.9. The Hall–Kier alpha value is -2.19. The van der Waals surface area contributed by atoms with Gasteiger partial charge < -0.3 is 19.6 Å². The van der Waals surface area contributed by atoms with E-state index < -0.39 is 41.2 Å². The van der Waals surface area contributed by atoms with Gasteiger partial charge in [0.05, 0.1) is 18.2 Å². The molecule has 27 heavy (non-hydrogen) atoms. The van der Waals surface area contributed by atoms with Crippen LogP contribution in [0.25, 0.3) is 10.9 Å². The second-order valence-electron chi connectivity index (χ2n) is 8.15. The molecule has 1 fully saturated rings. The fourth-order valence-electron chi connectivity index (χ4n) is 3.36. The number of benzene rings is 1. The van der Waals surface area contributed by atoms with Gasteiger partial charge in [0.15, 0.2) is 11.6 Å². The molecule has 1 aromatic carbocycles. The summed E-state index contributed by atoms with van der Waals surface area (Å²) in [6, 6.07) is 1.51. The number of halogens is 2. The summed E-state index contributed by atoms with van der Waals surface area (Å²) in [6.45, 7) is 8.58. The lowest BCUT2D eigenvalue weighted by Crippen LogP contribution is -2.51. The Morgan fingerprint density at radius 3 is 2.74 bits per heavy atom. The molecule has 2 N–H and O–H groups in total. The minimum absolute atomic E-state index is 0.0224. The first kappa shape index (κ1) is 19.6. The molecule has 1 saturated heterocycles.